The van der Waals surface area contributed by atoms with Crippen molar-refractivity contribution < 1.29 is 19.6 Å². The van der Waals surface area contributed by atoms with E-state index in [0.717, 1.165) is 25.3 Å². The minimum Gasteiger partial charge on any atom is -0.481 e. The van der Waals surface area contributed by atoms with E-state index in [2.05, 4.69) is 5.32 Å². The maximum atomic E-state index is 12.2. The highest BCUT2D eigenvalue weighted by Crippen LogP contribution is 2.30. The summed E-state index contributed by atoms with van der Waals surface area (Å²) in [7, 11) is 0. The molecule has 0 bridgehead atoms. The second kappa shape index (κ2) is 7.41. The molecule has 0 unspecified atom stereocenters. The smallest absolute Gasteiger partial charge is 0.306 e. The van der Waals surface area contributed by atoms with Crippen LogP contribution < -0.4 is 5.32 Å². The van der Waals surface area contributed by atoms with E-state index >= 15 is 0 Å². The molecular weight excluding hydrogens is 324 g/mol. The molecule has 1 aromatic carbocycles. The van der Waals surface area contributed by atoms with Crippen molar-refractivity contribution in [3.8, 4) is 0 Å². The number of nitrogens with zero attached hydrogens (tertiary/aromatic N) is 1. The summed E-state index contributed by atoms with van der Waals surface area (Å²) >= 11 is 5.92. The van der Waals surface area contributed by atoms with Crippen molar-refractivity contribution in [1.82, 2.24) is 5.32 Å². The highest BCUT2D eigenvalue weighted by molar-refractivity contribution is 6.33. The van der Waals surface area contributed by atoms with Gasteiger partial charge in [0.15, 0.2) is 0 Å². The van der Waals surface area contributed by atoms with E-state index in [1.165, 1.54) is 12.1 Å². The third-order valence-electron chi connectivity index (χ3n) is 4.16. The fraction of sp³-hybridized carbons (Fsp3) is 0.467. The lowest BCUT2D eigenvalue weighted by molar-refractivity contribution is -0.384. The number of carboxylic acid groups (broad SMARTS) is 1. The van der Waals surface area contributed by atoms with Crippen LogP contribution >= 0.6 is 11.6 Å². The Hall–Kier alpha value is -2.15. The van der Waals surface area contributed by atoms with Crippen LogP contribution in [0.3, 0.4) is 0 Å². The highest BCUT2D eigenvalue weighted by Gasteiger charge is 2.31. The molecule has 0 spiro atoms. The summed E-state index contributed by atoms with van der Waals surface area (Å²) in [6, 6.07) is 3.64. The standard InChI is InChI=1S/C15H17ClN2O5/c16-13-6-5-10(18(22)23)7-12(13)14(19)17-8-9-3-1-2-4-11(9)15(20)21/h5-7,9,11H,1-4,8H2,(H,17,19)(H,20,21)/t9-,11-/m0/s1. The molecule has 124 valence electrons. The molecule has 1 fully saturated rings. The topological polar surface area (TPSA) is 110 Å². The average molecular weight is 341 g/mol. The number of nitro benzene ring substituents is 1. The quantitative estimate of drug-likeness (QED) is 0.632. The van der Waals surface area contributed by atoms with Crippen molar-refractivity contribution in [2.24, 2.45) is 11.8 Å². The number of carbonyl (C=O) groups is 2. The number of amides is 1. The molecule has 7 nitrogen and oxygen atoms in total. The molecule has 0 saturated heterocycles. The first-order valence-corrected chi connectivity index (χ1v) is 7.73. The fourth-order valence-electron chi connectivity index (χ4n) is 2.90. The van der Waals surface area contributed by atoms with Gasteiger partial charge < -0.3 is 10.4 Å². The van der Waals surface area contributed by atoms with Crippen molar-refractivity contribution in [1.29, 1.82) is 0 Å². The maximum Gasteiger partial charge on any atom is 0.306 e. The lowest BCUT2D eigenvalue weighted by Crippen LogP contribution is -2.37. The fourth-order valence-corrected chi connectivity index (χ4v) is 3.10. The molecule has 2 N–H and O–H groups in total. The number of nitrogens with one attached hydrogen (secondary N) is 1. The second-order valence-electron chi connectivity index (χ2n) is 5.62. The van der Waals surface area contributed by atoms with Gasteiger partial charge in [0.1, 0.15) is 0 Å². The summed E-state index contributed by atoms with van der Waals surface area (Å²) < 4.78 is 0. The van der Waals surface area contributed by atoms with E-state index in [4.69, 9.17) is 11.6 Å². The van der Waals surface area contributed by atoms with Crippen LogP contribution in [0.2, 0.25) is 5.02 Å². The van der Waals surface area contributed by atoms with Gasteiger partial charge in [-0.3, -0.25) is 19.7 Å². The minimum atomic E-state index is -0.850. The second-order valence-corrected chi connectivity index (χ2v) is 6.03. The number of hydrogen-bond donors (Lipinski definition) is 2. The van der Waals surface area contributed by atoms with Gasteiger partial charge in [0.25, 0.3) is 11.6 Å². The van der Waals surface area contributed by atoms with Crippen LogP contribution in [0.5, 0.6) is 0 Å². The molecule has 1 aromatic rings. The number of aliphatic carboxylic acids is 1. The Morgan fingerprint density at radius 1 is 1.35 bits per heavy atom. The molecule has 0 radical (unpaired) electrons. The predicted octanol–water partition coefficient (Wildman–Crippen LogP) is 2.87. The van der Waals surface area contributed by atoms with Crippen molar-refractivity contribution in [3.63, 3.8) is 0 Å². The molecule has 0 aliphatic heterocycles. The Kier molecular flexibility index (Phi) is 5.54. The number of carboxylic acids is 1. The minimum absolute atomic E-state index is 0.0172. The predicted molar refractivity (Wildman–Crippen MR) is 83.5 cm³/mol. The molecule has 2 atom stereocenters. The van der Waals surface area contributed by atoms with Gasteiger partial charge in [0, 0.05) is 18.7 Å². The van der Waals surface area contributed by atoms with Gasteiger partial charge >= 0.3 is 5.97 Å². The summed E-state index contributed by atoms with van der Waals surface area (Å²) in [5.74, 6) is -1.99. The lowest BCUT2D eigenvalue weighted by Gasteiger charge is -2.28. The molecular formula is C15H17ClN2O5. The lowest BCUT2D eigenvalue weighted by atomic mass is 9.79. The summed E-state index contributed by atoms with van der Waals surface area (Å²) in [6.07, 6.45) is 3.15. The van der Waals surface area contributed by atoms with Crippen LogP contribution in [-0.2, 0) is 4.79 Å². The van der Waals surface area contributed by atoms with Crippen molar-refractivity contribution in [3.05, 3.63) is 38.9 Å². The number of non-ortho nitro benzene ring substituents is 1. The molecule has 1 saturated carbocycles. The molecule has 0 heterocycles. The molecule has 0 aromatic heterocycles. The van der Waals surface area contributed by atoms with Crippen LogP contribution in [0.15, 0.2) is 18.2 Å². The van der Waals surface area contributed by atoms with Crippen molar-refractivity contribution >= 4 is 29.2 Å². The summed E-state index contributed by atoms with van der Waals surface area (Å²) in [5, 5.41) is 22.8. The zero-order valence-corrected chi connectivity index (χ0v) is 13.1. The van der Waals surface area contributed by atoms with Crippen molar-refractivity contribution in [2.75, 3.05) is 6.54 Å². The summed E-state index contributed by atoms with van der Waals surface area (Å²) in [4.78, 5) is 33.6. The monoisotopic (exact) mass is 340 g/mol. The van der Waals surface area contributed by atoms with Gasteiger partial charge in [-0.25, -0.2) is 0 Å². The largest absolute Gasteiger partial charge is 0.481 e. The van der Waals surface area contributed by atoms with Gasteiger partial charge in [-0.2, -0.15) is 0 Å². The van der Waals surface area contributed by atoms with Crippen LogP contribution in [0.25, 0.3) is 0 Å². The zero-order valence-electron chi connectivity index (χ0n) is 12.3. The van der Waals surface area contributed by atoms with Gasteiger partial charge in [0.2, 0.25) is 0 Å². The number of rotatable bonds is 5. The number of benzene rings is 1. The van der Waals surface area contributed by atoms with Crippen LogP contribution in [0, 0.1) is 22.0 Å². The van der Waals surface area contributed by atoms with Gasteiger partial charge in [-0.15, -0.1) is 0 Å². The molecule has 8 heteroatoms. The third kappa shape index (κ3) is 4.19. The number of hydrogen-bond acceptors (Lipinski definition) is 4. The summed E-state index contributed by atoms with van der Waals surface area (Å²) in [5.41, 5.74) is -0.204. The Morgan fingerprint density at radius 3 is 2.70 bits per heavy atom. The first kappa shape index (κ1) is 17.2. The van der Waals surface area contributed by atoms with Gasteiger partial charge in [-0.05, 0) is 24.8 Å². The Balaban J connectivity index is 2.05. The van der Waals surface area contributed by atoms with Gasteiger partial charge in [-0.1, -0.05) is 24.4 Å². The normalized spacial score (nSPS) is 20.7. The van der Waals surface area contributed by atoms with E-state index < -0.39 is 22.7 Å². The Labute approximate surface area is 137 Å². The van der Waals surface area contributed by atoms with Crippen LogP contribution in [0.1, 0.15) is 36.0 Å². The molecule has 1 aliphatic carbocycles. The first-order valence-electron chi connectivity index (χ1n) is 7.35. The Morgan fingerprint density at radius 2 is 2.04 bits per heavy atom. The van der Waals surface area contributed by atoms with Crippen molar-refractivity contribution in [2.45, 2.75) is 25.7 Å². The molecule has 1 aliphatic rings. The van der Waals surface area contributed by atoms with E-state index in [9.17, 15) is 24.8 Å². The number of halogens is 1. The van der Waals surface area contributed by atoms with Gasteiger partial charge in [0.05, 0.1) is 21.4 Å². The van der Waals surface area contributed by atoms with Crippen LogP contribution in [0.4, 0.5) is 5.69 Å². The van der Waals surface area contributed by atoms with E-state index in [0.29, 0.717) is 6.42 Å². The molecule has 2 rings (SSSR count). The zero-order chi connectivity index (χ0) is 17.0. The summed E-state index contributed by atoms with van der Waals surface area (Å²) in [6.45, 7) is 0.217. The number of nitro groups is 1. The maximum absolute atomic E-state index is 12.2. The van der Waals surface area contributed by atoms with E-state index in [1.807, 2.05) is 0 Å². The molecule has 23 heavy (non-hydrogen) atoms. The van der Waals surface area contributed by atoms with Crippen LogP contribution in [-0.4, -0.2) is 28.5 Å². The third-order valence-corrected chi connectivity index (χ3v) is 4.49. The highest BCUT2D eigenvalue weighted by atomic mass is 35.5. The SMILES string of the molecule is O=C(NC[C@@H]1CCCC[C@@H]1C(=O)O)c1cc([N+](=O)[O-])ccc1Cl. The Bertz CT molecular complexity index is 634. The molecule has 1 amide bonds. The van der Waals surface area contributed by atoms with E-state index in [-0.39, 0.29) is 28.7 Å². The van der Waals surface area contributed by atoms with E-state index in [1.54, 1.807) is 0 Å². The number of carbonyl (C=O) groups excluding carboxylic acids is 1. The first-order chi connectivity index (χ1) is 10.9. The average Bonchev–Trinajstić information content (AvgIpc) is 2.53.